The Morgan fingerprint density at radius 2 is 1.94 bits per heavy atom. The normalized spacial score (nSPS) is 10.6. The molecular formula is C20H14ClF2N3O6. The number of carbonyl (C=O) groups is 2. The van der Waals surface area contributed by atoms with Gasteiger partial charge in [0.2, 0.25) is 0 Å². The Labute approximate surface area is 184 Å². The van der Waals surface area contributed by atoms with Crippen LogP contribution in [-0.2, 0) is 20.7 Å². The number of rotatable bonds is 8. The van der Waals surface area contributed by atoms with Gasteiger partial charge in [-0.3, -0.25) is 19.7 Å². The minimum atomic E-state index is -0.820. The third-order valence-corrected chi connectivity index (χ3v) is 4.34. The number of ether oxygens (including phenoxy) is 1. The molecule has 0 aliphatic rings. The SMILES string of the molecule is O=C(COC(=O)CCc1ncc(-c2c(F)cccc2F)o1)Nc1ccc(Cl)cc1[N+](=O)[O-]. The van der Waals surface area contributed by atoms with Crippen molar-refractivity contribution in [3.63, 3.8) is 0 Å². The molecule has 9 nitrogen and oxygen atoms in total. The van der Waals surface area contributed by atoms with E-state index < -0.39 is 40.7 Å². The zero-order valence-corrected chi connectivity index (χ0v) is 16.9. The van der Waals surface area contributed by atoms with Gasteiger partial charge >= 0.3 is 5.97 Å². The summed E-state index contributed by atoms with van der Waals surface area (Å²) in [6.45, 7) is -0.685. The fraction of sp³-hybridized carbons (Fsp3) is 0.150. The summed E-state index contributed by atoms with van der Waals surface area (Å²) in [6, 6.07) is 7.03. The number of esters is 1. The molecule has 2 aromatic carbocycles. The van der Waals surface area contributed by atoms with Crippen LogP contribution in [0, 0.1) is 21.7 Å². The van der Waals surface area contributed by atoms with Crippen LogP contribution >= 0.6 is 11.6 Å². The van der Waals surface area contributed by atoms with Crippen molar-refractivity contribution in [2.45, 2.75) is 12.8 Å². The van der Waals surface area contributed by atoms with E-state index >= 15 is 0 Å². The molecule has 166 valence electrons. The first kappa shape index (κ1) is 22.8. The molecule has 1 heterocycles. The molecule has 0 aliphatic carbocycles. The van der Waals surface area contributed by atoms with Crippen LogP contribution in [0.4, 0.5) is 20.2 Å². The van der Waals surface area contributed by atoms with Gasteiger partial charge in [-0.15, -0.1) is 0 Å². The Kier molecular flexibility index (Phi) is 7.11. The first-order chi connectivity index (χ1) is 15.2. The lowest BCUT2D eigenvalue weighted by atomic mass is 10.1. The van der Waals surface area contributed by atoms with Crippen LogP contribution in [0.1, 0.15) is 12.3 Å². The van der Waals surface area contributed by atoms with Gasteiger partial charge < -0.3 is 14.5 Å². The maximum Gasteiger partial charge on any atom is 0.306 e. The molecule has 0 aliphatic heterocycles. The van der Waals surface area contributed by atoms with E-state index in [1.807, 2.05) is 0 Å². The molecule has 1 amide bonds. The van der Waals surface area contributed by atoms with Gasteiger partial charge in [0.05, 0.1) is 23.1 Å². The van der Waals surface area contributed by atoms with E-state index in [9.17, 15) is 28.5 Å². The van der Waals surface area contributed by atoms with Gasteiger partial charge in [0, 0.05) is 17.5 Å². The number of hydrogen-bond donors (Lipinski definition) is 1. The summed E-state index contributed by atoms with van der Waals surface area (Å²) < 4.78 is 37.7. The first-order valence-corrected chi connectivity index (χ1v) is 9.41. The largest absolute Gasteiger partial charge is 0.456 e. The minimum Gasteiger partial charge on any atom is -0.456 e. The van der Waals surface area contributed by atoms with Crippen LogP contribution in [0.2, 0.25) is 5.02 Å². The molecule has 1 aromatic heterocycles. The van der Waals surface area contributed by atoms with E-state index in [2.05, 4.69) is 10.3 Å². The molecule has 0 saturated carbocycles. The minimum absolute atomic E-state index is 0.0424. The third-order valence-electron chi connectivity index (χ3n) is 4.10. The summed E-state index contributed by atoms with van der Waals surface area (Å²) in [7, 11) is 0. The van der Waals surface area contributed by atoms with Gasteiger partial charge in [0.25, 0.3) is 11.6 Å². The quantitative estimate of drug-likeness (QED) is 0.299. The smallest absolute Gasteiger partial charge is 0.306 e. The van der Waals surface area contributed by atoms with Gasteiger partial charge in [-0.25, -0.2) is 13.8 Å². The Morgan fingerprint density at radius 1 is 1.22 bits per heavy atom. The highest BCUT2D eigenvalue weighted by Gasteiger charge is 2.19. The number of aryl methyl sites for hydroxylation is 1. The fourth-order valence-electron chi connectivity index (χ4n) is 2.65. The average Bonchev–Trinajstić information content (AvgIpc) is 3.20. The number of benzene rings is 2. The van der Waals surface area contributed by atoms with Crippen molar-refractivity contribution in [2.24, 2.45) is 0 Å². The number of hydrogen-bond acceptors (Lipinski definition) is 7. The summed E-state index contributed by atoms with van der Waals surface area (Å²) in [4.78, 5) is 38.0. The number of oxazole rings is 1. The number of anilines is 1. The van der Waals surface area contributed by atoms with E-state index in [0.717, 1.165) is 24.4 Å². The average molecular weight is 466 g/mol. The Bertz CT molecular complexity index is 1160. The monoisotopic (exact) mass is 465 g/mol. The molecule has 3 aromatic rings. The summed E-state index contributed by atoms with van der Waals surface area (Å²) in [6.07, 6.45) is 0.863. The zero-order valence-electron chi connectivity index (χ0n) is 16.1. The van der Waals surface area contributed by atoms with Crippen molar-refractivity contribution in [1.29, 1.82) is 0 Å². The summed E-state index contributed by atoms with van der Waals surface area (Å²) in [5, 5.41) is 13.4. The van der Waals surface area contributed by atoms with Crippen LogP contribution in [0.25, 0.3) is 11.3 Å². The Hall–Kier alpha value is -3.86. The lowest BCUT2D eigenvalue weighted by Gasteiger charge is -2.07. The third kappa shape index (κ3) is 5.64. The number of nitro benzene ring substituents is 1. The lowest BCUT2D eigenvalue weighted by molar-refractivity contribution is -0.383. The van der Waals surface area contributed by atoms with E-state index in [1.54, 1.807) is 0 Å². The highest BCUT2D eigenvalue weighted by atomic mass is 35.5. The molecule has 0 spiro atoms. The predicted octanol–water partition coefficient (Wildman–Crippen LogP) is 4.30. The fourth-order valence-corrected chi connectivity index (χ4v) is 2.82. The zero-order chi connectivity index (χ0) is 23.3. The van der Waals surface area contributed by atoms with E-state index in [0.29, 0.717) is 0 Å². The Balaban J connectivity index is 1.51. The molecule has 0 radical (unpaired) electrons. The van der Waals surface area contributed by atoms with E-state index in [4.69, 9.17) is 20.8 Å². The molecule has 32 heavy (non-hydrogen) atoms. The Morgan fingerprint density at radius 3 is 2.62 bits per heavy atom. The standard InChI is InChI=1S/C20H14ClF2N3O6/c21-11-4-5-14(15(8-11)26(29)30)25-17(27)10-31-19(28)7-6-18-24-9-16(32-18)20-12(22)2-1-3-13(20)23/h1-5,8-9H,6-7,10H2,(H,25,27). The number of halogens is 3. The summed E-state index contributed by atoms with van der Waals surface area (Å²) in [5.74, 6) is -3.30. The lowest BCUT2D eigenvalue weighted by Crippen LogP contribution is -2.21. The van der Waals surface area contributed by atoms with Gasteiger partial charge in [0.15, 0.2) is 18.3 Å². The maximum atomic E-state index is 13.8. The molecule has 0 atom stereocenters. The van der Waals surface area contributed by atoms with Gasteiger partial charge in [-0.1, -0.05) is 17.7 Å². The van der Waals surface area contributed by atoms with Crippen LogP contribution in [-0.4, -0.2) is 28.4 Å². The predicted molar refractivity (Wildman–Crippen MR) is 108 cm³/mol. The molecule has 0 saturated heterocycles. The number of nitro groups is 1. The molecule has 1 N–H and O–H groups in total. The number of amides is 1. The molecular weight excluding hydrogens is 452 g/mol. The highest BCUT2D eigenvalue weighted by Crippen LogP contribution is 2.28. The van der Waals surface area contributed by atoms with Crippen LogP contribution in [0.3, 0.4) is 0 Å². The second-order valence-corrected chi connectivity index (χ2v) is 6.78. The van der Waals surface area contributed by atoms with Gasteiger partial charge in [0.1, 0.15) is 17.3 Å². The van der Waals surface area contributed by atoms with E-state index in [-0.39, 0.29) is 40.8 Å². The van der Waals surface area contributed by atoms with Crippen LogP contribution in [0.5, 0.6) is 0 Å². The molecule has 3 rings (SSSR count). The summed E-state index contributed by atoms with van der Waals surface area (Å²) >= 11 is 5.70. The second-order valence-electron chi connectivity index (χ2n) is 6.34. The highest BCUT2D eigenvalue weighted by molar-refractivity contribution is 6.31. The molecule has 0 fully saturated rings. The number of carbonyl (C=O) groups excluding carboxylic acids is 2. The molecule has 0 unspecified atom stereocenters. The van der Waals surface area contributed by atoms with E-state index in [1.165, 1.54) is 18.2 Å². The van der Waals surface area contributed by atoms with Crippen molar-refractivity contribution in [3.05, 3.63) is 75.3 Å². The van der Waals surface area contributed by atoms with Crippen molar-refractivity contribution < 1.29 is 32.4 Å². The summed E-state index contributed by atoms with van der Waals surface area (Å²) in [5.41, 5.74) is -0.891. The van der Waals surface area contributed by atoms with Crippen LogP contribution in [0.15, 0.2) is 47.0 Å². The number of nitrogens with one attached hydrogen (secondary N) is 1. The number of nitrogens with zero attached hydrogens (tertiary/aromatic N) is 2. The maximum absolute atomic E-state index is 13.8. The topological polar surface area (TPSA) is 125 Å². The van der Waals surface area contributed by atoms with Crippen molar-refractivity contribution in [3.8, 4) is 11.3 Å². The van der Waals surface area contributed by atoms with Crippen molar-refractivity contribution >= 4 is 34.9 Å². The van der Waals surface area contributed by atoms with Crippen molar-refractivity contribution in [1.82, 2.24) is 4.98 Å². The van der Waals surface area contributed by atoms with Gasteiger partial charge in [-0.05, 0) is 24.3 Å². The molecule has 0 bridgehead atoms. The second kappa shape index (κ2) is 9.96. The first-order valence-electron chi connectivity index (χ1n) is 9.03. The number of aromatic nitrogens is 1. The molecule has 12 heteroatoms. The van der Waals surface area contributed by atoms with Crippen LogP contribution < -0.4 is 5.32 Å². The van der Waals surface area contributed by atoms with Crippen molar-refractivity contribution in [2.75, 3.05) is 11.9 Å². The van der Waals surface area contributed by atoms with Gasteiger partial charge in [-0.2, -0.15) is 0 Å².